The zero-order valence-corrected chi connectivity index (χ0v) is 10.3. The highest BCUT2D eigenvalue weighted by molar-refractivity contribution is 5.78. The highest BCUT2D eigenvalue weighted by Gasteiger charge is 2.14. The Labute approximate surface area is 105 Å². The Kier molecular flexibility index (Phi) is 3.55. The average molecular weight is 247 g/mol. The molecule has 18 heavy (non-hydrogen) atoms. The molecule has 1 unspecified atom stereocenters. The third-order valence-electron chi connectivity index (χ3n) is 2.83. The third kappa shape index (κ3) is 2.64. The van der Waals surface area contributed by atoms with Gasteiger partial charge >= 0.3 is 5.97 Å². The van der Waals surface area contributed by atoms with Crippen LogP contribution < -0.4 is 0 Å². The summed E-state index contributed by atoms with van der Waals surface area (Å²) in [4.78, 5) is 15.7. The van der Waals surface area contributed by atoms with E-state index in [1.807, 2.05) is 6.07 Å². The molecule has 2 aromatic rings. The standard InChI is InChI=1S/C14H14FNO2/c1-9(14(17)18-2)7-12-5-3-10-8-11(15)4-6-13(10)16-12/h3-6,8-9H,7H2,1-2H3. The van der Waals surface area contributed by atoms with Gasteiger partial charge in [0.1, 0.15) is 5.82 Å². The second-order valence-electron chi connectivity index (χ2n) is 4.27. The summed E-state index contributed by atoms with van der Waals surface area (Å²) in [6.07, 6.45) is 0.514. The van der Waals surface area contributed by atoms with Crippen molar-refractivity contribution in [2.45, 2.75) is 13.3 Å². The fraction of sp³-hybridized carbons (Fsp3) is 0.286. The lowest BCUT2D eigenvalue weighted by atomic mass is 10.0. The molecule has 2 rings (SSSR count). The summed E-state index contributed by atoms with van der Waals surface area (Å²) >= 11 is 0. The van der Waals surface area contributed by atoms with Crippen molar-refractivity contribution in [1.82, 2.24) is 4.98 Å². The topological polar surface area (TPSA) is 39.2 Å². The van der Waals surface area contributed by atoms with Crippen molar-refractivity contribution in [2.75, 3.05) is 7.11 Å². The number of hydrogen-bond acceptors (Lipinski definition) is 3. The summed E-state index contributed by atoms with van der Waals surface area (Å²) in [6, 6.07) is 8.07. The van der Waals surface area contributed by atoms with Gasteiger partial charge in [-0.2, -0.15) is 0 Å². The molecule has 0 radical (unpaired) electrons. The highest BCUT2D eigenvalue weighted by Crippen LogP contribution is 2.16. The van der Waals surface area contributed by atoms with Crippen LogP contribution in [0.1, 0.15) is 12.6 Å². The Balaban J connectivity index is 2.25. The number of aromatic nitrogens is 1. The van der Waals surface area contributed by atoms with E-state index in [2.05, 4.69) is 9.72 Å². The fourth-order valence-electron chi connectivity index (χ4n) is 1.85. The monoisotopic (exact) mass is 247 g/mol. The molecule has 0 aliphatic heterocycles. The first-order valence-electron chi connectivity index (χ1n) is 5.73. The molecule has 4 heteroatoms. The molecule has 3 nitrogen and oxygen atoms in total. The Morgan fingerprint density at radius 3 is 2.89 bits per heavy atom. The van der Waals surface area contributed by atoms with Crippen LogP contribution >= 0.6 is 0 Å². The third-order valence-corrected chi connectivity index (χ3v) is 2.83. The number of halogens is 1. The summed E-state index contributed by atoms with van der Waals surface area (Å²) in [7, 11) is 1.37. The Morgan fingerprint density at radius 1 is 1.39 bits per heavy atom. The largest absolute Gasteiger partial charge is 0.469 e. The lowest BCUT2D eigenvalue weighted by Crippen LogP contribution is -2.15. The first-order chi connectivity index (χ1) is 8.60. The van der Waals surface area contributed by atoms with E-state index in [1.165, 1.54) is 19.2 Å². The summed E-state index contributed by atoms with van der Waals surface area (Å²) in [6.45, 7) is 1.79. The van der Waals surface area contributed by atoms with Gasteiger partial charge in [0, 0.05) is 17.5 Å². The fourth-order valence-corrected chi connectivity index (χ4v) is 1.85. The van der Waals surface area contributed by atoms with Crippen LogP contribution in [0.15, 0.2) is 30.3 Å². The first-order valence-corrected chi connectivity index (χ1v) is 5.73. The molecule has 0 fully saturated rings. The van der Waals surface area contributed by atoms with Gasteiger partial charge in [-0.05, 0) is 24.3 Å². The number of hydrogen-bond donors (Lipinski definition) is 0. The minimum absolute atomic E-state index is 0.236. The number of methoxy groups -OCH3 is 1. The normalized spacial score (nSPS) is 12.4. The second kappa shape index (κ2) is 5.12. The molecule has 0 amide bonds. The second-order valence-corrected chi connectivity index (χ2v) is 4.27. The minimum Gasteiger partial charge on any atom is -0.469 e. The smallest absolute Gasteiger partial charge is 0.308 e. The van der Waals surface area contributed by atoms with E-state index in [1.54, 1.807) is 19.1 Å². The summed E-state index contributed by atoms with van der Waals surface area (Å²) in [5.41, 5.74) is 1.53. The molecule has 0 N–H and O–H groups in total. The van der Waals surface area contributed by atoms with Crippen molar-refractivity contribution in [3.63, 3.8) is 0 Å². The molecule has 0 aliphatic rings. The zero-order chi connectivity index (χ0) is 13.1. The quantitative estimate of drug-likeness (QED) is 0.783. The van der Waals surface area contributed by atoms with Gasteiger partial charge in [-0.15, -0.1) is 0 Å². The van der Waals surface area contributed by atoms with Crippen molar-refractivity contribution in [2.24, 2.45) is 5.92 Å². The first kappa shape index (κ1) is 12.5. The number of pyridine rings is 1. The molecule has 1 atom stereocenters. The van der Waals surface area contributed by atoms with E-state index >= 15 is 0 Å². The maximum atomic E-state index is 13.0. The van der Waals surface area contributed by atoms with Gasteiger partial charge in [0.15, 0.2) is 0 Å². The van der Waals surface area contributed by atoms with Crippen LogP contribution in [0.3, 0.4) is 0 Å². The number of carbonyl (C=O) groups is 1. The van der Waals surface area contributed by atoms with Gasteiger partial charge in [-0.3, -0.25) is 9.78 Å². The lowest BCUT2D eigenvalue weighted by molar-refractivity contribution is -0.144. The molecule has 0 spiro atoms. The maximum absolute atomic E-state index is 13.0. The summed E-state index contributed by atoms with van der Waals surface area (Å²) < 4.78 is 17.7. The van der Waals surface area contributed by atoms with E-state index in [4.69, 9.17) is 0 Å². The maximum Gasteiger partial charge on any atom is 0.308 e. The van der Waals surface area contributed by atoms with Crippen molar-refractivity contribution in [3.05, 3.63) is 41.8 Å². The number of ether oxygens (including phenoxy) is 1. The number of rotatable bonds is 3. The molecular weight excluding hydrogens is 233 g/mol. The van der Waals surface area contributed by atoms with Crippen LogP contribution in [0.2, 0.25) is 0 Å². The van der Waals surface area contributed by atoms with Gasteiger partial charge in [0.25, 0.3) is 0 Å². The van der Waals surface area contributed by atoms with Gasteiger partial charge in [-0.1, -0.05) is 13.0 Å². The number of benzene rings is 1. The van der Waals surface area contributed by atoms with Crippen LogP contribution in [0, 0.1) is 11.7 Å². The van der Waals surface area contributed by atoms with Gasteiger partial charge in [0.2, 0.25) is 0 Å². The van der Waals surface area contributed by atoms with E-state index in [0.717, 1.165) is 16.6 Å². The lowest BCUT2D eigenvalue weighted by Gasteiger charge is -2.09. The number of nitrogens with zero attached hydrogens (tertiary/aromatic N) is 1. The Bertz CT molecular complexity index is 583. The van der Waals surface area contributed by atoms with Crippen molar-refractivity contribution >= 4 is 16.9 Å². The van der Waals surface area contributed by atoms with E-state index in [9.17, 15) is 9.18 Å². The minimum atomic E-state index is -0.278. The molecule has 1 heterocycles. The molecule has 0 bridgehead atoms. The van der Waals surface area contributed by atoms with Gasteiger partial charge in [0.05, 0.1) is 18.5 Å². The number of esters is 1. The summed E-state index contributed by atoms with van der Waals surface area (Å²) in [5.74, 6) is -0.767. The average Bonchev–Trinajstić information content (AvgIpc) is 2.38. The van der Waals surface area contributed by atoms with Crippen LogP contribution in [-0.2, 0) is 16.0 Å². The highest BCUT2D eigenvalue weighted by atomic mass is 19.1. The molecule has 0 aliphatic carbocycles. The SMILES string of the molecule is COC(=O)C(C)Cc1ccc2cc(F)ccc2n1. The number of carbonyl (C=O) groups excluding carboxylic acids is 1. The van der Waals surface area contributed by atoms with E-state index in [0.29, 0.717) is 6.42 Å². The molecule has 1 aromatic carbocycles. The Hall–Kier alpha value is -1.97. The van der Waals surface area contributed by atoms with Crippen LogP contribution in [-0.4, -0.2) is 18.1 Å². The van der Waals surface area contributed by atoms with E-state index < -0.39 is 0 Å². The van der Waals surface area contributed by atoms with Crippen LogP contribution in [0.5, 0.6) is 0 Å². The van der Waals surface area contributed by atoms with Crippen molar-refractivity contribution < 1.29 is 13.9 Å². The molecule has 94 valence electrons. The van der Waals surface area contributed by atoms with Crippen LogP contribution in [0.4, 0.5) is 4.39 Å². The zero-order valence-electron chi connectivity index (χ0n) is 10.3. The van der Waals surface area contributed by atoms with Gasteiger partial charge < -0.3 is 4.74 Å². The van der Waals surface area contributed by atoms with Gasteiger partial charge in [-0.25, -0.2) is 4.39 Å². The predicted molar refractivity (Wildman–Crippen MR) is 66.6 cm³/mol. The Morgan fingerprint density at radius 2 is 2.17 bits per heavy atom. The van der Waals surface area contributed by atoms with E-state index in [-0.39, 0.29) is 17.7 Å². The van der Waals surface area contributed by atoms with Crippen molar-refractivity contribution in [1.29, 1.82) is 0 Å². The molecule has 0 saturated heterocycles. The van der Waals surface area contributed by atoms with Crippen molar-refractivity contribution in [3.8, 4) is 0 Å². The summed E-state index contributed by atoms with van der Waals surface area (Å²) in [5, 5.41) is 0.754. The molecule has 1 aromatic heterocycles. The number of fused-ring (bicyclic) bond motifs is 1. The van der Waals surface area contributed by atoms with Crippen LogP contribution in [0.25, 0.3) is 10.9 Å². The molecule has 0 saturated carbocycles. The molecular formula is C14H14FNO2. The predicted octanol–water partition coefficient (Wildman–Crippen LogP) is 2.73.